The second kappa shape index (κ2) is 6.29. The predicted octanol–water partition coefficient (Wildman–Crippen LogP) is 3.63. The van der Waals surface area contributed by atoms with E-state index in [4.69, 9.17) is 4.74 Å². The van der Waals surface area contributed by atoms with E-state index in [9.17, 15) is 4.79 Å². The second-order valence-electron chi connectivity index (χ2n) is 3.97. The minimum absolute atomic E-state index is 0.162. The molecule has 1 amide bonds. The monoisotopic (exact) mass is 273 g/mol. The van der Waals surface area contributed by atoms with E-state index >= 15 is 0 Å². The maximum Gasteiger partial charge on any atom is 0.255 e. The number of anilines is 1. The molecule has 4 heteroatoms. The number of rotatable bonds is 4. The van der Waals surface area contributed by atoms with Crippen molar-refractivity contribution in [3.63, 3.8) is 0 Å². The number of hydrogen-bond acceptors (Lipinski definition) is 3. The van der Waals surface area contributed by atoms with Crippen LogP contribution < -0.4 is 10.1 Å². The third-order valence-corrected chi connectivity index (χ3v) is 2.79. The smallest absolute Gasteiger partial charge is 0.255 e. The maximum absolute atomic E-state index is 12.0. The molecule has 0 atom stereocenters. The second-order valence-corrected chi connectivity index (χ2v) is 4.48. The molecule has 2 aromatic carbocycles. The predicted molar refractivity (Wildman–Crippen MR) is 79.3 cm³/mol. The molecular formula is C15H15NO2S. The Bertz CT molecular complexity index is 584. The molecule has 3 nitrogen and oxygen atoms in total. The first-order valence-electron chi connectivity index (χ1n) is 6.02. The van der Waals surface area contributed by atoms with E-state index in [0.29, 0.717) is 17.9 Å². The summed E-state index contributed by atoms with van der Waals surface area (Å²) in [5.41, 5.74) is 1.29. The van der Waals surface area contributed by atoms with Crippen LogP contribution in [0.4, 0.5) is 5.69 Å². The molecule has 0 bridgehead atoms. The fourth-order valence-corrected chi connectivity index (χ4v) is 1.91. The summed E-state index contributed by atoms with van der Waals surface area (Å²) in [6, 6.07) is 14.4. The van der Waals surface area contributed by atoms with Gasteiger partial charge in [-0.3, -0.25) is 4.79 Å². The van der Waals surface area contributed by atoms with Gasteiger partial charge in [0.25, 0.3) is 5.91 Å². The summed E-state index contributed by atoms with van der Waals surface area (Å²) in [5, 5.41) is 2.83. The third-order valence-electron chi connectivity index (χ3n) is 2.51. The van der Waals surface area contributed by atoms with Gasteiger partial charge in [0.05, 0.1) is 6.61 Å². The zero-order valence-electron chi connectivity index (χ0n) is 10.6. The first-order valence-corrected chi connectivity index (χ1v) is 6.47. The number of ether oxygens (including phenoxy) is 1. The molecule has 0 radical (unpaired) electrons. The van der Waals surface area contributed by atoms with E-state index in [0.717, 1.165) is 10.6 Å². The van der Waals surface area contributed by atoms with Gasteiger partial charge in [-0.05, 0) is 37.3 Å². The Morgan fingerprint density at radius 1 is 1.21 bits per heavy atom. The van der Waals surface area contributed by atoms with Crippen molar-refractivity contribution >= 4 is 24.2 Å². The van der Waals surface area contributed by atoms with Crippen molar-refractivity contribution < 1.29 is 9.53 Å². The van der Waals surface area contributed by atoms with Crippen LogP contribution in [0.2, 0.25) is 0 Å². The van der Waals surface area contributed by atoms with Gasteiger partial charge >= 0.3 is 0 Å². The number of benzene rings is 2. The van der Waals surface area contributed by atoms with Crippen LogP contribution in [0.15, 0.2) is 53.4 Å². The molecule has 0 aliphatic heterocycles. The largest absolute Gasteiger partial charge is 0.494 e. The van der Waals surface area contributed by atoms with Gasteiger partial charge in [0.15, 0.2) is 0 Å². The molecule has 0 fully saturated rings. The number of carbonyl (C=O) groups excluding carboxylic acids is 1. The fraction of sp³-hybridized carbons (Fsp3) is 0.133. The van der Waals surface area contributed by atoms with Crippen molar-refractivity contribution in [2.24, 2.45) is 0 Å². The lowest BCUT2D eigenvalue weighted by atomic mass is 10.2. The fourth-order valence-electron chi connectivity index (χ4n) is 1.68. The van der Waals surface area contributed by atoms with Crippen LogP contribution in [0.5, 0.6) is 5.75 Å². The van der Waals surface area contributed by atoms with E-state index < -0.39 is 0 Å². The number of nitrogens with one attached hydrogen (secondary N) is 1. The molecule has 0 aromatic heterocycles. The first kappa shape index (κ1) is 13.5. The van der Waals surface area contributed by atoms with Crippen molar-refractivity contribution in [2.75, 3.05) is 11.9 Å². The van der Waals surface area contributed by atoms with Crippen molar-refractivity contribution in [3.05, 3.63) is 54.1 Å². The molecule has 0 saturated carbocycles. The molecule has 2 aromatic rings. The summed E-state index contributed by atoms with van der Waals surface area (Å²) in [6.45, 7) is 2.52. The topological polar surface area (TPSA) is 38.3 Å². The van der Waals surface area contributed by atoms with Crippen LogP contribution in [0, 0.1) is 0 Å². The van der Waals surface area contributed by atoms with Gasteiger partial charge < -0.3 is 10.1 Å². The maximum atomic E-state index is 12.0. The van der Waals surface area contributed by atoms with Crippen LogP contribution in [0.25, 0.3) is 0 Å². The lowest BCUT2D eigenvalue weighted by Crippen LogP contribution is -2.11. The van der Waals surface area contributed by atoms with Crippen molar-refractivity contribution in [2.45, 2.75) is 11.8 Å². The van der Waals surface area contributed by atoms with Gasteiger partial charge in [-0.1, -0.05) is 12.1 Å². The summed E-state index contributed by atoms with van der Waals surface area (Å²) >= 11 is 4.22. The van der Waals surface area contributed by atoms with Gasteiger partial charge in [-0.25, -0.2) is 0 Å². The molecular weight excluding hydrogens is 258 g/mol. The summed E-state index contributed by atoms with van der Waals surface area (Å²) < 4.78 is 5.39. The van der Waals surface area contributed by atoms with E-state index in [1.807, 2.05) is 31.2 Å². The number of carbonyl (C=O) groups is 1. The Kier molecular flexibility index (Phi) is 4.47. The Morgan fingerprint density at radius 2 is 2.00 bits per heavy atom. The number of thiol groups is 1. The van der Waals surface area contributed by atoms with Gasteiger partial charge in [-0.15, -0.1) is 12.6 Å². The zero-order valence-corrected chi connectivity index (χ0v) is 11.5. The number of hydrogen-bond donors (Lipinski definition) is 2. The van der Waals surface area contributed by atoms with Crippen LogP contribution in [-0.2, 0) is 0 Å². The SMILES string of the molecule is CCOc1cccc(NC(=O)c2cccc(S)c2)c1. The Labute approximate surface area is 118 Å². The zero-order chi connectivity index (χ0) is 13.7. The summed E-state index contributed by atoms with van der Waals surface area (Å²) in [5.74, 6) is 0.577. The Hall–Kier alpha value is -1.94. The molecule has 2 rings (SSSR count). The van der Waals surface area contributed by atoms with Crippen LogP contribution in [0.1, 0.15) is 17.3 Å². The van der Waals surface area contributed by atoms with Crippen LogP contribution in [-0.4, -0.2) is 12.5 Å². The van der Waals surface area contributed by atoms with Crippen molar-refractivity contribution in [1.82, 2.24) is 0 Å². The highest BCUT2D eigenvalue weighted by molar-refractivity contribution is 7.80. The van der Waals surface area contributed by atoms with Gasteiger partial charge in [0.1, 0.15) is 5.75 Å². The third kappa shape index (κ3) is 3.76. The molecule has 0 spiro atoms. The van der Waals surface area contributed by atoms with E-state index in [1.165, 1.54) is 0 Å². The molecule has 0 aliphatic carbocycles. The molecule has 0 saturated heterocycles. The van der Waals surface area contributed by atoms with Gasteiger partial charge in [0, 0.05) is 22.2 Å². The highest BCUT2D eigenvalue weighted by Gasteiger charge is 2.06. The standard InChI is InChI=1S/C15H15NO2S/c1-2-18-13-7-4-6-12(10-13)16-15(17)11-5-3-8-14(19)9-11/h3-10,19H,2H2,1H3,(H,16,17). The average molecular weight is 273 g/mol. The van der Waals surface area contributed by atoms with E-state index in [2.05, 4.69) is 17.9 Å². The minimum Gasteiger partial charge on any atom is -0.494 e. The molecule has 98 valence electrons. The summed E-state index contributed by atoms with van der Waals surface area (Å²) in [4.78, 5) is 12.8. The molecule has 0 aliphatic rings. The summed E-state index contributed by atoms with van der Waals surface area (Å²) in [7, 11) is 0. The normalized spacial score (nSPS) is 10.0. The van der Waals surface area contributed by atoms with E-state index in [1.54, 1.807) is 24.3 Å². The average Bonchev–Trinajstić information content (AvgIpc) is 2.39. The highest BCUT2D eigenvalue weighted by Crippen LogP contribution is 2.18. The first-order chi connectivity index (χ1) is 9.19. The Balaban J connectivity index is 2.12. The minimum atomic E-state index is -0.162. The van der Waals surface area contributed by atoms with E-state index in [-0.39, 0.29) is 5.91 Å². The van der Waals surface area contributed by atoms with Gasteiger partial charge in [0.2, 0.25) is 0 Å². The van der Waals surface area contributed by atoms with Crippen LogP contribution >= 0.6 is 12.6 Å². The summed E-state index contributed by atoms with van der Waals surface area (Å²) in [6.07, 6.45) is 0. The highest BCUT2D eigenvalue weighted by atomic mass is 32.1. The molecule has 0 heterocycles. The lowest BCUT2D eigenvalue weighted by molar-refractivity contribution is 0.102. The lowest BCUT2D eigenvalue weighted by Gasteiger charge is -2.08. The molecule has 19 heavy (non-hydrogen) atoms. The van der Waals surface area contributed by atoms with Gasteiger partial charge in [-0.2, -0.15) is 0 Å². The van der Waals surface area contributed by atoms with Crippen molar-refractivity contribution in [3.8, 4) is 5.75 Å². The molecule has 0 unspecified atom stereocenters. The Morgan fingerprint density at radius 3 is 2.74 bits per heavy atom. The quantitative estimate of drug-likeness (QED) is 0.835. The van der Waals surface area contributed by atoms with Crippen molar-refractivity contribution in [1.29, 1.82) is 0 Å². The number of amides is 1. The van der Waals surface area contributed by atoms with Crippen LogP contribution in [0.3, 0.4) is 0 Å². The molecule has 1 N–H and O–H groups in total.